The van der Waals surface area contributed by atoms with Crippen molar-refractivity contribution in [2.75, 3.05) is 26.3 Å². The summed E-state index contributed by atoms with van der Waals surface area (Å²) < 4.78 is 16.6. The molecule has 1 aromatic rings. The van der Waals surface area contributed by atoms with Gasteiger partial charge in [0.15, 0.2) is 0 Å². The van der Waals surface area contributed by atoms with Crippen molar-refractivity contribution in [3.05, 3.63) is 47.5 Å². The van der Waals surface area contributed by atoms with Gasteiger partial charge in [-0.3, -0.25) is 9.59 Å². The number of hydrogen-bond acceptors (Lipinski definition) is 8. The first-order valence-corrected chi connectivity index (χ1v) is 16.3. The van der Waals surface area contributed by atoms with Crippen LogP contribution < -0.4 is 10.6 Å². The number of carbonyl (C=O) groups excluding carboxylic acids is 4. The summed E-state index contributed by atoms with van der Waals surface area (Å²) in [6.07, 6.45) is 6.12. The number of aliphatic carboxylic acids is 1. The van der Waals surface area contributed by atoms with E-state index in [0.717, 1.165) is 24.8 Å². The third kappa shape index (κ3) is 6.98. The van der Waals surface area contributed by atoms with Crippen LogP contribution in [0.2, 0.25) is 0 Å². The molecule has 0 spiro atoms. The summed E-state index contributed by atoms with van der Waals surface area (Å²) in [5, 5.41) is 15.5. The van der Waals surface area contributed by atoms with Crippen molar-refractivity contribution in [2.45, 2.75) is 94.2 Å². The van der Waals surface area contributed by atoms with Crippen LogP contribution in [-0.2, 0) is 41.6 Å². The van der Waals surface area contributed by atoms with Crippen molar-refractivity contribution >= 4 is 30.0 Å². The smallest absolute Gasteiger partial charge is 0.410 e. The molecule has 2 saturated heterocycles. The lowest BCUT2D eigenvalue weighted by molar-refractivity contribution is -0.145. The van der Waals surface area contributed by atoms with Crippen LogP contribution in [-0.4, -0.2) is 101 Å². The first-order valence-electron chi connectivity index (χ1n) is 16.3. The minimum Gasteiger partial charge on any atom is -0.479 e. The van der Waals surface area contributed by atoms with Crippen molar-refractivity contribution in [3.63, 3.8) is 0 Å². The van der Waals surface area contributed by atoms with Gasteiger partial charge in [0, 0.05) is 31.8 Å². The Balaban J connectivity index is 1.20. The highest BCUT2D eigenvalue weighted by atomic mass is 16.6. The Morgan fingerprint density at radius 3 is 2.65 bits per heavy atom. The van der Waals surface area contributed by atoms with Gasteiger partial charge in [0.1, 0.15) is 29.8 Å². The van der Waals surface area contributed by atoms with E-state index in [4.69, 9.17) is 14.2 Å². The second-order valence-electron chi connectivity index (χ2n) is 12.9. The number of fused-ring (bicyclic) bond motifs is 3. The fourth-order valence-electron chi connectivity index (χ4n) is 6.95. The number of hydrogen-bond donors (Lipinski definition) is 3. The SMILES string of the molecule is O=C(N[C@H]1CCCCC/C=C\[C@@H]2C[C@@]2(C(=O)O)NC(=O)[C@@H]2C[C@@H](OC(=O)N3CCc4ccccc4C3)CN2C1=O)O[C@@H]1CCOC1. The van der Waals surface area contributed by atoms with Crippen molar-refractivity contribution in [2.24, 2.45) is 5.92 Å². The summed E-state index contributed by atoms with van der Waals surface area (Å²) in [6, 6.07) is 5.82. The largest absolute Gasteiger partial charge is 0.479 e. The highest BCUT2D eigenvalue weighted by Gasteiger charge is 2.61. The van der Waals surface area contributed by atoms with E-state index in [1.807, 2.05) is 36.4 Å². The molecular weight excluding hydrogens is 596 g/mol. The average Bonchev–Trinajstić information content (AvgIpc) is 3.32. The zero-order valence-electron chi connectivity index (χ0n) is 25.9. The van der Waals surface area contributed by atoms with Crippen LogP contribution >= 0.6 is 0 Å². The summed E-state index contributed by atoms with van der Waals surface area (Å²) in [4.78, 5) is 69.3. The Morgan fingerprint density at radius 1 is 1.04 bits per heavy atom. The fourth-order valence-corrected chi connectivity index (χ4v) is 6.95. The predicted molar refractivity (Wildman–Crippen MR) is 162 cm³/mol. The van der Waals surface area contributed by atoms with Gasteiger partial charge in [-0.1, -0.05) is 49.3 Å². The molecule has 0 unspecified atom stereocenters. The van der Waals surface area contributed by atoms with Crippen molar-refractivity contribution in [1.82, 2.24) is 20.4 Å². The van der Waals surface area contributed by atoms with E-state index in [1.54, 1.807) is 4.90 Å². The minimum absolute atomic E-state index is 0.000520. The minimum atomic E-state index is -1.46. The predicted octanol–water partition coefficient (Wildman–Crippen LogP) is 2.51. The van der Waals surface area contributed by atoms with Gasteiger partial charge < -0.3 is 39.8 Å². The maximum Gasteiger partial charge on any atom is 0.410 e. The molecule has 0 aromatic heterocycles. The third-order valence-corrected chi connectivity index (χ3v) is 9.73. The summed E-state index contributed by atoms with van der Waals surface area (Å²) >= 11 is 0. The first kappa shape index (κ1) is 31.8. The molecule has 1 saturated carbocycles. The quantitative estimate of drug-likeness (QED) is 0.421. The first-order chi connectivity index (χ1) is 22.2. The molecule has 46 heavy (non-hydrogen) atoms. The van der Waals surface area contributed by atoms with E-state index < -0.39 is 59.8 Å². The number of carboxylic acid groups (broad SMARTS) is 1. The second-order valence-corrected chi connectivity index (χ2v) is 12.9. The molecule has 4 heterocycles. The van der Waals surface area contributed by atoms with E-state index in [2.05, 4.69) is 10.6 Å². The van der Waals surface area contributed by atoms with E-state index >= 15 is 0 Å². The van der Waals surface area contributed by atoms with E-state index in [9.17, 15) is 29.1 Å². The molecule has 0 radical (unpaired) electrons. The highest BCUT2D eigenvalue weighted by Crippen LogP contribution is 2.45. The molecule has 4 amide bonds. The van der Waals surface area contributed by atoms with Gasteiger partial charge in [-0.25, -0.2) is 14.4 Å². The van der Waals surface area contributed by atoms with E-state index in [1.165, 1.54) is 10.5 Å². The number of carbonyl (C=O) groups is 5. The summed E-state index contributed by atoms with van der Waals surface area (Å²) in [7, 11) is 0. The molecule has 0 bridgehead atoms. The topological polar surface area (TPSA) is 164 Å². The zero-order valence-corrected chi connectivity index (χ0v) is 25.9. The molecule has 6 atom stereocenters. The summed E-state index contributed by atoms with van der Waals surface area (Å²) in [5.74, 6) is -2.63. The molecule has 3 fully saturated rings. The third-order valence-electron chi connectivity index (χ3n) is 9.73. The van der Waals surface area contributed by atoms with Gasteiger partial charge in [-0.2, -0.15) is 0 Å². The van der Waals surface area contributed by atoms with Crippen LogP contribution in [0.5, 0.6) is 0 Å². The number of allylic oxidation sites excluding steroid dienone is 1. The molecule has 1 aliphatic carbocycles. The Morgan fingerprint density at radius 2 is 1.87 bits per heavy atom. The van der Waals surface area contributed by atoms with E-state index in [-0.39, 0.29) is 31.9 Å². The number of alkyl carbamates (subject to hydrolysis) is 1. The number of nitrogens with one attached hydrogen (secondary N) is 2. The van der Waals surface area contributed by atoms with Crippen molar-refractivity contribution in [1.29, 1.82) is 0 Å². The lowest BCUT2D eigenvalue weighted by atomic mass is 10.0. The second kappa shape index (κ2) is 13.7. The number of amides is 4. The van der Waals surface area contributed by atoms with Gasteiger partial charge >= 0.3 is 18.2 Å². The van der Waals surface area contributed by atoms with Gasteiger partial charge in [-0.05, 0) is 43.2 Å². The highest BCUT2D eigenvalue weighted by molar-refractivity contribution is 5.96. The standard InChI is InChI=1S/C33H42N4O9/c38-28-27-16-25(46-32(43)36-14-12-21-8-6-7-9-22(21)18-36)19-37(27)29(39)26(34-31(42)45-24-13-15-44-20-24)11-5-3-1-2-4-10-23-17-33(23,35-28)30(40)41/h4,6-10,23-27H,1-3,5,11-20H2,(H,34,42)(H,35,38)(H,40,41)/b10-4-/t23-,24-,25-,26+,27+,33-/m1/s1. The lowest BCUT2D eigenvalue weighted by Crippen LogP contribution is -2.56. The number of ether oxygens (including phenoxy) is 3. The van der Waals surface area contributed by atoms with Crippen molar-refractivity contribution in [3.8, 4) is 0 Å². The van der Waals surface area contributed by atoms with Gasteiger partial charge in [0.25, 0.3) is 0 Å². The maximum atomic E-state index is 14.1. The average molecular weight is 639 g/mol. The van der Waals surface area contributed by atoms with Crippen LogP contribution in [0.4, 0.5) is 9.59 Å². The number of carboxylic acids is 1. The van der Waals surface area contributed by atoms with E-state index in [0.29, 0.717) is 45.4 Å². The molecule has 248 valence electrons. The molecule has 13 nitrogen and oxygen atoms in total. The fraction of sp³-hybridized carbons (Fsp3) is 0.606. The number of nitrogens with zero attached hydrogens (tertiary/aromatic N) is 2. The Kier molecular flexibility index (Phi) is 9.48. The monoisotopic (exact) mass is 638 g/mol. The van der Waals surface area contributed by atoms with Gasteiger partial charge in [0.05, 0.1) is 19.8 Å². The Hall–Kier alpha value is -4.13. The molecular formula is C33H42N4O9. The van der Waals surface area contributed by atoms with Crippen molar-refractivity contribution < 1.29 is 43.3 Å². The molecule has 6 rings (SSSR count). The Labute approximate surface area is 267 Å². The normalized spacial score (nSPS) is 32.0. The van der Waals surface area contributed by atoms with Crippen LogP contribution in [0, 0.1) is 5.92 Å². The van der Waals surface area contributed by atoms with Crippen LogP contribution in [0.25, 0.3) is 0 Å². The maximum absolute atomic E-state index is 14.1. The van der Waals surface area contributed by atoms with Crippen LogP contribution in [0.1, 0.15) is 62.5 Å². The number of benzene rings is 1. The Bertz CT molecular complexity index is 1380. The summed E-state index contributed by atoms with van der Waals surface area (Å²) in [5.41, 5.74) is 0.762. The molecule has 13 heteroatoms. The molecule has 1 aromatic carbocycles. The molecule has 3 N–H and O–H groups in total. The summed E-state index contributed by atoms with van der Waals surface area (Å²) in [6.45, 7) is 1.58. The number of rotatable bonds is 4. The molecule has 4 aliphatic heterocycles. The zero-order chi connectivity index (χ0) is 32.3. The van der Waals surface area contributed by atoms with Gasteiger partial charge in [-0.15, -0.1) is 0 Å². The van der Waals surface area contributed by atoms with Gasteiger partial charge in [0.2, 0.25) is 11.8 Å². The van der Waals surface area contributed by atoms with Crippen LogP contribution in [0.15, 0.2) is 36.4 Å². The molecule has 5 aliphatic rings. The lowest BCUT2D eigenvalue weighted by Gasteiger charge is -2.30. The van der Waals surface area contributed by atoms with Crippen LogP contribution in [0.3, 0.4) is 0 Å².